The first-order chi connectivity index (χ1) is 14.2. The van der Waals surface area contributed by atoms with Gasteiger partial charge in [-0.1, -0.05) is 11.8 Å². The third-order valence-corrected chi connectivity index (χ3v) is 5.87. The molecule has 0 aliphatic rings. The minimum absolute atomic E-state index is 0.221. The number of rotatable bonds is 8. The van der Waals surface area contributed by atoms with Gasteiger partial charge in [-0.2, -0.15) is 0 Å². The van der Waals surface area contributed by atoms with E-state index in [1.54, 1.807) is 25.4 Å². The quantitative estimate of drug-likeness (QED) is 0.317. The number of ether oxygens (including phenoxy) is 1. The second-order valence-electron chi connectivity index (χ2n) is 7.92. The molecule has 30 heavy (non-hydrogen) atoms. The number of esters is 1. The van der Waals surface area contributed by atoms with Gasteiger partial charge in [0.2, 0.25) is 0 Å². The molecule has 1 N–H and O–H groups in total. The second kappa shape index (κ2) is 8.99. The number of nitrogens with zero attached hydrogens (tertiary/aromatic N) is 5. The van der Waals surface area contributed by atoms with Crippen LogP contribution < -0.4 is 5.32 Å². The Morgan fingerprint density at radius 3 is 2.73 bits per heavy atom. The highest BCUT2D eigenvalue weighted by Gasteiger charge is 2.29. The van der Waals surface area contributed by atoms with Gasteiger partial charge in [0, 0.05) is 24.1 Å². The molecule has 3 rings (SSSR count). The van der Waals surface area contributed by atoms with Crippen molar-refractivity contribution >= 4 is 40.4 Å². The Bertz CT molecular complexity index is 1050. The molecule has 8 nitrogen and oxygen atoms in total. The molecule has 0 radical (unpaired) electrons. The van der Waals surface area contributed by atoms with E-state index in [2.05, 4.69) is 43.7 Å². The number of thioether (sulfide) groups is 1. The van der Waals surface area contributed by atoms with E-state index in [9.17, 15) is 4.79 Å². The molecule has 160 valence electrons. The Morgan fingerprint density at radius 1 is 1.27 bits per heavy atom. The lowest BCUT2D eigenvalue weighted by Gasteiger charge is -2.21. The lowest BCUT2D eigenvalue weighted by atomic mass is 9.97. The Kier molecular flexibility index (Phi) is 6.60. The van der Waals surface area contributed by atoms with Crippen molar-refractivity contribution in [2.24, 2.45) is 5.41 Å². The number of aryl methyl sites for hydroxylation is 1. The third-order valence-electron chi connectivity index (χ3n) is 4.55. The van der Waals surface area contributed by atoms with Crippen molar-refractivity contribution in [3.8, 4) is 0 Å². The molecule has 0 fully saturated rings. The Morgan fingerprint density at radius 2 is 2.03 bits per heavy atom. The smallest absolute Gasteiger partial charge is 0.312 e. The van der Waals surface area contributed by atoms with Crippen LogP contribution in [0, 0.1) is 12.3 Å². The molecule has 0 aliphatic heterocycles. The Balaban J connectivity index is 1.75. The van der Waals surface area contributed by atoms with Crippen molar-refractivity contribution < 1.29 is 9.53 Å². The molecule has 0 atom stereocenters. The molecule has 0 bridgehead atoms. The zero-order valence-electron chi connectivity index (χ0n) is 18.3. The van der Waals surface area contributed by atoms with Gasteiger partial charge in [-0.15, -0.1) is 0 Å². The van der Waals surface area contributed by atoms with Crippen molar-refractivity contribution in [1.82, 2.24) is 24.5 Å². The monoisotopic (exact) mass is 428 g/mol. The molecule has 0 aliphatic carbocycles. The van der Waals surface area contributed by atoms with Crippen LogP contribution in [0.3, 0.4) is 0 Å². The van der Waals surface area contributed by atoms with Gasteiger partial charge in [0.15, 0.2) is 5.16 Å². The van der Waals surface area contributed by atoms with Crippen LogP contribution in [-0.2, 0) is 9.53 Å². The van der Waals surface area contributed by atoms with Crippen LogP contribution >= 0.6 is 11.8 Å². The van der Waals surface area contributed by atoms with Gasteiger partial charge in [0.05, 0.1) is 23.7 Å². The number of hydrogen-bond acceptors (Lipinski definition) is 8. The zero-order chi connectivity index (χ0) is 21.9. The number of carbonyl (C=O) groups excluding carboxylic acids is 1. The van der Waals surface area contributed by atoms with Crippen LogP contribution in [0.5, 0.6) is 0 Å². The van der Waals surface area contributed by atoms with Gasteiger partial charge >= 0.3 is 5.97 Å². The number of pyridine rings is 1. The molecule has 0 unspecified atom stereocenters. The highest BCUT2D eigenvalue weighted by atomic mass is 32.2. The van der Waals surface area contributed by atoms with Gasteiger partial charge in [-0.3, -0.25) is 4.79 Å². The van der Waals surface area contributed by atoms with Gasteiger partial charge in [0.25, 0.3) is 0 Å². The minimum Gasteiger partial charge on any atom is -0.466 e. The van der Waals surface area contributed by atoms with E-state index in [4.69, 9.17) is 4.74 Å². The molecule has 3 aromatic heterocycles. The average molecular weight is 429 g/mol. The summed E-state index contributed by atoms with van der Waals surface area (Å²) in [6.07, 6.45) is 3.46. The molecule has 9 heteroatoms. The van der Waals surface area contributed by atoms with Gasteiger partial charge in [-0.25, -0.2) is 19.9 Å². The number of nitrogens with one attached hydrogen (secondary N) is 1. The fourth-order valence-electron chi connectivity index (χ4n) is 3.08. The van der Waals surface area contributed by atoms with E-state index in [-0.39, 0.29) is 5.97 Å². The maximum Gasteiger partial charge on any atom is 0.312 e. The number of hydrogen-bond donors (Lipinski definition) is 1. The maximum absolute atomic E-state index is 12.1. The lowest BCUT2D eigenvalue weighted by Crippen LogP contribution is -2.29. The van der Waals surface area contributed by atoms with Crippen LogP contribution in [0.25, 0.3) is 11.0 Å². The summed E-state index contributed by atoms with van der Waals surface area (Å²) in [6.45, 7) is 12.2. The first kappa shape index (κ1) is 22.0. The summed E-state index contributed by atoms with van der Waals surface area (Å²) >= 11 is 1.42. The molecule has 0 amide bonds. The van der Waals surface area contributed by atoms with Crippen molar-refractivity contribution in [3.05, 3.63) is 30.4 Å². The summed E-state index contributed by atoms with van der Waals surface area (Å²) in [6, 6.07) is 4.07. The van der Waals surface area contributed by atoms with E-state index < -0.39 is 5.41 Å². The first-order valence-corrected chi connectivity index (χ1v) is 10.9. The summed E-state index contributed by atoms with van der Waals surface area (Å²) < 4.78 is 7.32. The largest absolute Gasteiger partial charge is 0.466 e. The Hall–Kier alpha value is -2.68. The van der Waals surface area contributed by atoms with Crippen LogP contribution in [0.2, 0.25) is 0 Å². The Labute approximate surface area is 180 Å². The molecule has 0 saturated heterocycles. The average Bonchev–Trinajstić information content (AvgIpc) is 3.02. The van der Waals surface area contributed by atoms with E-state index in [1.165, 1.54) is 11.8 Å². The van der Waals surface area contributed by atoms with Crippen molar-refractivity contribution in [1.29, 1.82) is 0 Å². The number of aromatic nitrogens is 5. The molecular formula is C21H28N6O2S. The zero-order valence-corrected chi connectivity index (χ0v) is 19.1. The van der Waals surface area contributed by atoms with Gasteiger partial charge in [0.1, 0.15) is 23.0 Å². The number of anilines is 2. The number of carbonyl (C=O) groups is 1. The summed E-state index contributed by atoms with van der Waals surface area (Å²) in [5.74, 6) is 2.59. The van der Waals surface area contributed by atoms with Crippen LogP contribution in [0.1, 0.15) is 46.5 Å². The maximum atomic E-state index is 12.1. The summed E-state index contributed by atoms with van der Waals surface area (Å²) in [5, 5.41) is 3.83. The molecule has 3 heterocycles. The lowest BCUT2D eigenvalue weighted by molar-refractivity contribution is -0.152. The van der Waals surface area contributed by atoms with E-state index in [1.807, 2.05) is 26.8 Å². The van der Waals surface area contributed by atoms with Crippen molar-refractivity contribution in [3.63, 3.8) is 0 Å². The molecular weight excluding hydrogens is 400 g/mol. The SMILES string of the molecule is CCOC(=O)C(C)(C)CSc1nccc(Nc2cc3c(cn2)nc(C)n3C(C)C)n1. The fourth-order valence-corrected chi connectivity index (χ4v) is 3.99. The van der Waals surface area contributed by atoms with Crippen LogP contribution in [-0.4, -0.2) is 42.8 Å². The molecule has 0 aromatic carbocycles. The van der Waals surface area contributed by atoms with Crippen LogP contribution in [0.15, 0.2) is 29.7 Å². The van der Waals surface area contributed by atoms with Crippen molar-refractivity contribution in [2.75, 3.05) is 17.7 Å². The molecule has 3 aromatic rings. The normalized spacial score (nSPS) is 11.8. The van der Waals surface area contributed by atoms with Gasteiger partial charge in [-0.05, 0) is 47.6 Å². The highest BCUT2D eigenvalue weighted by molar-refractivity contribution is 7.99. The summed E-state index contributed by atoms with van der Waals surface area (Å²) in [7, 11) is 0. The fraction of sp³-hybridized carbons (Fsp3) is 0.476. The summed E-state index contributed by atoms with van der Waals surface area (Å²) in [4.78, 5) is 30.0. The molecule has 0 spiro atoms. The molecule has 0 saturated carbocycles. The van der Waals surface area contributed by atoms with E-state index in [0.717, 1.165) is 16.9 Å². The van der Waals surface area contributed by atoms with Crippen LogP contribution in [0.4, 0.5) is 11.6 Å². The highest BCUT2D eigenvalue weighted by Crippen LogP contribution is 2.28. The predicted octanol–water partition coefficient (Wildman–Crippen LogP) is 4.54. The van der Waals surface area contributed by atoms with Gasteiger partial charge < -0.3 is 14.6 Å². The number of fused-ring (bicyclic) bond motifs is 1. The minimum atomic E-state index is -0.618. The van der Waals surface area contributed by atoms with E-state index in [0.29, 0.717) is 35.2 Å². The van der Waals surface area contributed by atoms with Crippen molar-refractivity contribution in [2.45, 2.75) is 52.7 Å². The topological polar surface area (TPSA) is 94.8 Å². The second-order valence-corrected chi connectivity index (χ2v) is 8.87. The summed E-state index contributed by atoms with van der Waals surface area (Å²) in [5.41, 5.74) is 1.28. The third kappa shape index (κ3) is 4.89. The predicted molar refractivity (Wildman–Crippen MR) is 119 cm³/mol. The number of imidazole rings is 1. The first-order valence-electron chi connectivity index (χ1n) is 9.96. The standard InChI is InChI=1S/C21H28N6O2S/c1-7-29-19(28)21(5,6)12-30-20-22-9-8-17(26-20)25-18-10-16-15(11-23-18)24-14(4)27(16)13(2)3/h8-11,13H,7,12H2,1-6H3,(H,22,23,25,26). The van der Waals surface area contributed by atoms with E-state index >= 15 is 0 Å².